The molecule has 2 fully saturated rings. The Morgan fingerprint density at radius 3 is 2.13 bits per heavy atom. The molecule has 3 aliphatic rings. The first kappa shape index (κ1) is 24.2. The number of hydrogen-bond acceptors (Lipinski definition) is 5. The third-order valence-electron chi connectivity index (χ3n) is 8.23. The molecule has 2 saturated heterocycles. The number of fused-ring (bicyclic) bond motifs is 4. The molecule has 2 aliphatic heterocycles. The zero-order valence-corrected chi connectivity index (χ0v) is 21.7. The SMILES string of the molecule is C[C@H]1C(=O)N2[C@H](c3ccccc3)COC(=O)[C@@H]2C(C)(C)N1C(=O)OCC1c2ccccc2-c2ccccc21. The van der Waals surface area contributed by atoms with E-state index in [1.54, 1.807) is 25.7 Å². The highest BCUT2D eigenvalue weighted by molar-refractivity contribution is 5.94. The summed E-state index contributed by atoms with van der Waals surface area (Å²) in [6, 6.07) is 23.6. The lowest BCUT2D eigenvalue weighted by Crippen LogP contribution is -2.76. The standard InChI is InChI=1S/C31H30N2O5/c1-19-28(34)32-26(20-11-5-4-6-12-20)18-37-29(35)27(32)31(2,3)33(19)30(36)38-17-25-23-15-9-7-13-21(23)22-14-8-10-16-24(22)25/h4-16,19,25-27H,17-18H2,1-3H3/t19-,26-,27+/m0/s1. The number of esters is 1. The number of amides is 2. The Bertz CT molecular complexity index is 1370. The molecule has 0 bridgehead atoms. The molecule has 3 aromatic carbocycles. The van der Waals surface area contributed by atoms with Gasteiger partial charge < -0.3 is 14.4 Å². The summed E-state index contributed by atoms with van der Waals surface area (Å²) in [5.74, 6) is -0.920. The summed E-state index contributed by atoms with van der Waals surface area (Å²) in [6.45, 7) is 5.50. The van der Waals surface area contributed by atoms with Gasteiger partial charge in [0.2, 0.25) is 5.91 Å². The minimum absolute atomic E-state index is 0.0822. The summed E-state index contributed by atoms with van der Waals surface area (Å²) >= 11 is 0. The summed E-state index contributed by atoms with van der Waals surface area (Å²) in [5.41, 5.74) is 4.32. The molecule has 2 amide bonds. The van der Waals surface area contributed by atoms with Gasteiger partial charge in [-0.2, -0.15) is 0 Å². The van der Waals surface area contributed by atoms with Crippen LogP contribution in [0, 0.1) is 0 Å². The molecule has 0 radical (unpaired) electrons. The number of piperazine rings is 1. The molecule has 3 aromatic rings. The first-order valence-electron chi connectivity index (χ1n) is 13.0. The van der Waals surface area contributed by atoms with Crippen molar-refractivity contribution in [3.8, 4) is 11.1 Å². The number of rotatable bonds is 3. The zero-order valence-electron chi connectivity index (χ0n) is 21.7. The second-order valence-corrected chi connectivity index (χ2v) is 10.7. The third kappa shape index (κ3) is 3.60. The summed E-state index contributed by atoms with van der Waals surface area (Å²) in [4.78, 5) is 43.5. The third-order valence-corrected chi connectivity index (χ3v) is 8.23. The predicted octanol–water partition coefficient (Wildman–Crippen LogP) is 4.91. The minimum Gasteiger partial charge on any atom is -0.462 e. The number of carbonyl (C=O) groups is 3. The Kier molecular flexibility index (Phi) is 5.74. The van der Waals surface area contributed by atoms with E-state index in [2.05, 4.69) is 24.3 Å². The number of morpholine rings is 1. The molecule has 38 heavy (non-hydrogen) atoms. The first-order chi connectivity index (χ1) is 18.3. The maximum atomic E-state index is 13.7. The van der Waals surface area contributed by atoms with Crippen LogP contribution >= 0.6 is 0 Å². The van der Waals surface area contributed by atoms with Gasteiger partial charge in [-0.15, -0.1) is 0 Å². The van der Waals surface area contributed by atoms with Gasteiger partial charge in [-0.05, 0) is 48.6 Å². The van der Waals surface area contributed by atoms with Crippen molar-refractivity contribution in [1.82, 2.24) is 9.80 Å². The Hall–Kier alpha value is -4.13. The Balaban J connectivity index is 1.28. The maximum absolute atomic E-state index is 13.7. The van der Waals surface area contributed by atoms with Gasteiger partial charge in [0.15, 0.2) is 6.04 Å². The molecular weight excluding hydrogens is 480 g/mol. The fraction of sp³-hybridized carbons (Fsp3) is 0.323. The van der Waals surface area contributed by atoms with Gasteiger partial charge in [-0.3, -0.25) is 9.69 Å². The van der Waals surface area contributed by atoms with E-state index < -0.39 is 35.7 Å². The first-order valence-corrected chi connectivity index (χ1v) is 13.0. The van der Waals surface area contributed by atoms with Crippen LogP contribution in [-0.4, -0.2) is 58.6 Å². The van der Waals surface area contributed by atoms with E-state index in [1.807, 2.05) is 54.6 Å². The molecule has 0 aromatic heterocycles. The lowest BCUT2D eigenvalue weighted by Gasteiger charge is -2.56. The van der Waals surface area contributed by atoms with Crippen molar-refractivity contribution >= 4 is 18.0 Å². The van der Waals surface area contributed by atoms with Gasteiger partial charge in [-0.1, -0.05) is 78.9 Å². The predicted molar refractivity (Wildman–Crippen MR) is 141 cm³/mol. The molecule has 7 heteroatoms. The quantitative estimate of drug-likeness (QED) is 0.468. The fourth-order valence-electron chi connectivity index (χ4n) is 6.47. The van der Waals surface area contributed by atoms with Crippen LogP contribution in [0.15, 0.2) is 78.9 Å². The smallest absolute Gasteiger partial charge is 0.411 e. The molecule has 2 heterocycles. The molecular formula is C31H30N2O5. The molecule has 0 N–H and O–H groups in total. The summed E-state index contributed by atoms with van der Waals surface area (Å²) in [6.07, 6.45) is -0.619. The van der Waals surface area contributed by atoms with Gasteiger partial charge in [0, 0.05) is 5.92 Å². The molecule has 194 valence electrons. The van der Waals surface area contributed by atoms with E-state index in [-0.39, 0.29) is 25.0 Å². The number of ether oxygens (including phenoxy) is 2. The van der Waals surface area contributed by atoms with E-state index in [0.29, 0.717) is 0 Å². The zero-order chi connectivity index (χ0) is 26.6. The van der Waals surface area contributed by atoms with Crippen molar-refractivity contribution in [3.05, 3.63) is 95.6 Å². The van der Waals surface area contributed by atoms with Crippen molar-refractivity contribution in [2.75, 3.05) is 13.2 Å². The molecule has 0 unspecified atom stereocenters. The average Bonchev–Trinajstić information content (AvgIpc) is 3.24. The highest BCUT2D eigenvalue weighted by Crippen LogP contribution is 2.45. The monoisotopic (exact) mass is 510 g/mol. The van der Waals surface area contributed by atoms with E-state index in [1.165, 1.54) is 4.90 Å². The summed E-state index contributed by atoms with van der Waals surface area (Å²) in [5, 5.41) is 0. The fourth-order valence-corrected chi connectivity index (χ4v) is 6.47. The van der Waals surface area contributed by atoms with Crippen molar-refractivity contribution in [1.29, 1.82) is 0 Å². The van der Waals surface area contributed by atoms with E-state index in [4.69, 9.17) is 9.47 Å². The summed E-state index contributed by atoms with van der Waals surface area (Å²) < 4.78 is 11.5. The Labute approximate surface area is 222 Å². The van der Waals surface area contributed by atoms with Crippen LogP contribution in [0.4, 0.5) is 4.79 Å². The van der Waals surface area contributed by atoms with Gasteiger partial charge in [0.25, 0.3) is 0 Å². The second kappa shape index (κ2) is 9.01. The van der Waals surface area contributed by atoms with E-state index in [0.717, 1.165) is 27.8 Å². The molecule has 1 aliphatic carbocycles. The van der Waals surface area contributed by atoms with Crippen molar-refractivity contribution in [3.63, 3.8) is 0 Å². The van der Waals surface area contributed by atoms with Crippen LogP contribution in [0.3, 0.4) is 0 Å². The van der Waals surface area contributed by atoms with Crippen LogP contribution in [0.1, 0.15) is 49.4 Å². The highest BCUT2D eigenvalue weighted by Gasteiger charge is 2.59. The minimum atomic E-state index is -1.06. The van der Waals surface area contributed by atoms with Gasteiger partial charge in [0.05, 0.1) is 11.6 Å². The topological polar surface area (TPSA) is 76.2 Å². The Morgan fingerprint density at radius 1 is 0.921 bits per heavy atom. The van der Waals surface area contributed by atoms with Crippen LogP contribution < -0.4 is 0 Å². The molecule has 6 rings (SSSR count). The van der Waals surface area contributed by atoms with E-state index >= 15 is 0 Å². The number of cyclic esters (lactones) is 1. The maximum Gasteiger partial charge on any atom is 0.411 e. The highest BCUT2D eigenvalue weighted by atomic mass is 16.6. The summed E-state index contributed by atoms with van der Waals surface area (Å²) in [7, 11) is 0. The van der Waals surface area contributed by atoms with E-state index in [9.17, 15) is 14.4 Å². The van der Waals surface area contributed by atoms with Crippen LogP contribution in [0.2, 0.25) is 0 Å². The van der Waals surface area contributed by atoms with Gasteiger partial charge in [0.1, 0.15) is 19.3 Å². The van der Waals surface area contributed by atoms with Crippen LogP contribution in [0.5, 0.6) is 0 Å². The van der Waals surface area contributed by atoms with Crippen LogP contribution in [-0.2, 0) is 19.1 Å². The van der Waals surface area contributed by atoms with Gasteiger partial charge in [-0.25, -0.2) is 9.59 Å². The lowest BCUT2D eigenvalue weighted by molar-refractivity contribution is -0.190. The lowest BCUT2D eigenvalue weighted by atomic mass is 9.83. The largest absolute Gasteiger partial charge is 0.462 e. The van der Waals surface area contributed by atoms with Crippen molar-refractivity contribution in [2.45, 2.75) is 50.4 Å². The molecule has 3 atom stereocenters. The number of benzene rings is 3. The average molecular weight is 511 g/mol. The van der Waals surface area contributed by atoms with Crippen molar-refractivity contribution < 1.29 is 23.9 Å². The molecule has 7 nitrogen and oxygen atoms in total. The van der Waals surface area contributed by atoms with Crippen LogP contribution in [0.25, 0.3) is 11.1 Å². The number of carbonyl (C=O) groups excluding carboxylic acids is 3. The molecule has 0 spiro atoms. The normalized spacial score (nSPS) is 23.8. The van der Waals surface area contributed by atoms with Gasteiger partial charge >= 0.3 is 12.1 Å². The number of nitrogens with zero attached hydrogens (tertiary/aromatic N) is 2. The number of hydrogen-bond donors (Lipinski definition) is 0. The Morgan fingerprint density at radius 2 is 1.50 bits per heavy atom. The van der Waals surface area contributed by atoms with Crippen molar-refractivity contribution in [2.24, 2.45) is 0 Å². The molecule has 0 saturated carbocycles. The second-order valence-electron chi connectivity index (χ2n) is 10.7.